The highest BCUT2D eigenvalue weighted by Gasteiger charge is 2.14. The Morgan fingerprint density at radius 2 is 1.83 bits per heavy atom. The first-order valence-electron chi connectivity index (χ1n) is 7.84. The van der Waals surface area contributed by atoms with Gasteiger partial charge in [0.25, 0.3) is 0 Å². The van der Waals surface area contributed by atoms with Gasteiger partial charge in [-0.3, -0.25) is 0 Å². The first-order chi connectivity index (χ1) is 11.1. The lowest BCUT2D eigenvalue weighted by Gasteiger charge is -2.17. The highest BCUT2D eigenvalue weighted by Crippen LogP contribution is 2.36. The van der Waals surface area contributed by atoms with Crippen molar-refractivity contribution < 1.29 is 9.47 Å². The second-order valence-corrected chi connectivity index (χ2v) is 6.71. The van der Waals surface area contributed by atoms with Gasteiger partial charge in [-0.15, -0.1) is 0 Å². The fraction of sp³-hybridized carbons (Fsp3) is 0.368. The van der Waals surface area contributed by atoms with Crippen molar-refractivity contribution in [2.24, 2.45) is 5.92 Å². The first-order valence-corrected chi connectivity index (χ1v) is 8.64. The molecule has 0 saturated carbocycles. The van der Waals surface area contributed by atoms with E-state index in [1.165, 1.54) is 0 Å². The largest absolute Gasteiger partial charge is 0.493 e. The molecule has 2 aromatic rings. The topological polar surface area (TPSA) is 30.5 Å². The van der Waals surface area contributed by atoms with Gasteiger partial charge in [-0.1, -0.05) is 60.1 Å². The van der Waals surface area contributed by atoms with E-state index < -0.39 is 0 Å². The minimum Gasteiger partial charge on any atom is -0.493 e. The zero-order valence-corrected chi connectivity index (χ0v) is 15.5. The van der Waals surface area contributed by atoms with Gasteiger partial charge in [-0.05, 0) is 30.2 Å². The Labute approximate surface area is 147 Å². The van der Waals surface area contributed by atoms with Crippen LogP contribution in [0.25, 0.3) is 0 Å². The summed E-state index contributed by atoms with van der Waals surface area (Å²) in [7, 11) is 1.67. The van der Waals surface area contributed by atoms with Gasteiger partial charge >= 0.3 is 0 Å². The highest BCUT2D eigenvalue weighted by molar-refractivity contribution is 9.10. The Morgan fingerprint density at radius 3 is 2.48 bits per heavy atom. The summed E-state index contributed by atoms with van der Waals surface area (Å²) in [5, 5.41) is 3.47. The maximum Gasteiger partial charge on any atom is 0.167 e. The summed E-state index contributed by atoms with van der Waals surface area (Å²) >= 11 is 3.63. The van der Waals surface area contributed by atoms with Crippen molar-refractivity contribution in [1.29, 1.82) is 0 Å². The van der Waals surface area contributed by atoms with Crippen LogP contribution in [0.15, 0.2) is 46.9 Å². The van der Waals surface area contributed by atoms with Crippen molar-refractivity contribution in [3.8, 4) is 11.5 Å². The average Bonchev–Trinajstić information content (AvgIpc) is 2.55. The molecule has 4 heteroatoms. The lowest BCUT2D eigenvalue weighted by molar-refractivity contribution is 0.280. The molecule has 0 aliphatic carbocycles. The van der Waals surface area contributed by atoms with E-state index >= 15 is 0 Å². The number of nitrogens with one attached hydrogen (secondary N) is 1. The fourth-order valence-electron chi connectivity index (χ4n) is 2.28. The summed E-state index contributed by atoms with van der Waals surface area (Å²) in [4.78, 5) is 0. The third-order valence-corrected chi connectivity index (χ3v) is 4.21. The van der Waals surface area contributed by atoms with Crippen LogP contribution in [0.5, 0.6) is 11.5 Å². The summed E-state index contributed by atoms with van der Waals surface area (Å²) in [5.74, 6) is 2.15. The molecule has 0 amide bonds. The first kappa shape index (κ1) is 17.8. The molecule has 0 aliphatic heterocycles. The molecule has 0 spiro atoms. The van der Waals surface area contributed by atoms with E-state index in [0.29, 0.717) is 12.5 Å². The molecule has 0 aliphatic rings. The highest BCUT2D eigenvalue weighted by atomic mass is 79.9. The maximum atomic E-state index is 6.09. The van der Waals surface area contributed by atoms with Crippen LogP contribution in [0.4, 0.5) is 0 Å². The third-order valence-electron chi connectivity index (χ3n) is 3.47. The molecule has 0 fully saturated rings. The number of hydrogen-bond acceptors (Lipinski definition) is 3. The molecule has 0 heterocycles. The van der Waals surface area contributed by atoms with Gasteiger partial charge < -0.3 is 14.8 Å². The monoisotopic (exact) mass is 377 g/mol. The fourth-order valence-corrected chi connectivity index (χ4v) is 2.73. The summed E-state index contributed by atoms with van der Waals surface area (Å²) < 4.78 is 12.6. The van der Waals surface area contributed by atoms with E-state index in [1.54, 1.807) is 7.11 Å². The Balaban J connectivity index is 2.18. The quantitative estimate of drug-likeness (QED) is 0.717. The Hall–Kier alpha value is -1.52. The van der Waals surface area contributed by atoms with Gasteiger partial charge in [0.2, 0.25) is 0 Å². The van der Waals surface area contributed by atoms with Crippen LogP contribution in [0.1, 0.15) is 25.0 Å². The lowest BCUT2D eigenvalue weighted by atomic mass is 10.1. The molecule has 23 heavy (non-hydrogen) atoms. The molecule has 0 unspecified atom stereocenters. The standard InChI is InChI=1S/C19H24BrNO2/c1-14(2)11-21-12-16-17(20)9-10-18(22-3)19(16)23-13-15-7-5-4-6-8-15/h4-10,14,21H,11-13H2,1-3H3. The second-order valence-electron chi connectivity index (χ2n) is 5.86. The van der Waals surface area contributed by atoms with Crippen LogP contribution < -0.4 is 14.8 Å². The lowest BCUT2D eigenvalue weighted by Crippen LogP contribution is -2.20. The van der Waals surface area contributed by atoms with E-state index in [1.807, 2.05) is 30.3 Å². The van der Waals surface area contributed by atoms with Crippen LogP contribution in [0.3, 0.4) is 0 Å². The zero-order chi connectivity index (χ0) is 16.7. The number of ether oxygens (including phenoxy) is 2. The Kier molecular flexibility index (Phi) is 6.93. The number of hydrogen-bond donors (Lipinski definition) is 1. The summed E-state index contributed by atoms with van der Waals surface area (Å²) in [6.45, 7) is 6.60. The van der Waals surface area contributed by atoms with Crippen molar-refractivity contribution in [2.45, 2.75) is 27.0 Å². The third kappa shape index (κ3) is 5.26. The van der Waals surface area contributed by atoms with Gasteiger partial charge in [0.15, 0.2) is 11.5 Å². The van der Waals surface area contributed by atoms with Crippen LogP contribution in [0.2, 0.25) is 0 Å². The number of methoxy groups -OCH3 is 1. The van der Waals surface area contributed by atoms with Gasteiger partial charge in [0.05, 0.1) is 7.11 Å². The van der Waals surface area contributed by atoms with Gasteiger partial charge in [0, 0.05) is 16.6 Å². The second kappa shape index (κ2) is 8.94. The molecular formula is C19H24BrNO2. The molecule has 124 valence electrons. The van der Waals surface area contributed by atoms with Crippen LogP contribution >= 0.6 is 15.9 Å². The van der Waals surface area contributed by atoms with Crippen LogP contribution in [-0.4, -0.2) is 13.7 Å². The van der Waals surface area contributed by atoms with E-state index in [9.17, 15) is 0 Å². The normalized spacial score (nSPS) is 10.8. The minimum atomic E-state index is 0.519. The molecule has 0 saturated heterocycles. The molecule has 3 nitrogen and oxygen atoms in total. The molecule has 2 aromatic carbocycles. The molecule has 0 atom stereocenters. The Morgan fingerprint density at radius 1 is 1.09 bits per heavy atom. The smallest absolute Gasteiger partial charge is 0.167 e. The van der Waals surface area contributed by atoms with E-state index in [4.69, 9.17) is 9.47 Å². The molecule has 1 N–H and O–H groups in total. The summed E-state index contributed by atoms with van der Waals surface area (Å²) in [5.41, 5.74) is 2.22. The predicted molar refractivity (Wildman–Crippen MR) is 98.0 cm³/mol. The number of rotatable bonds is 8. The zero-order valence-electron chi connectivity index (χ0n) is 13.9. The van der Waals surface area contributed by atoms with Crippen molar-refractivity contribution in [3.05, 3.63) is 58.1 Å². The molecule has 2 rings (SSSR count). The van der Waals surface area contributed by atoms with Gasteiger partial charge in [-0.2, -0.15) is 0 Å². The maximum absolute atomic E-state index is 6.09. The molecular weight excluding hydrogens is 354 g/mol. The molecule has 0 aromatic heterocycles. The van der Waals surface area contributed by atoms with Crippen molar-refractivity contribution in [1.82, 2.24) is 5.32 Å². The SMILES string of the molecule is COc1ccc(Br)c(CNCC(C)C)c1OCc1ccccc1. The average molecular weight is 378 g/mol. The predicted octanol–water partition coefficient (Wildman–Crippen LogP) is 4.78. The number of benzene rings is 2. The van der Waals surface area contributed by atoms with Gasteiger partial charge in [0.1, 0.15) is 6.61 Å². The summed E-state index contributed by atoms with van der Waals surface area (Å²) in [6.07, 6.45) is 0. The van der Waals surface area contributed by atoms with Crippen LogP contribution in [-0.2, 0) is 13.2 Å². The van der Waals surface area contributed by atoms with Crippen molar-refractivity contribution >= 4 is 15.9 Å². The van der Waals surface area contributed by atoms with Crippen molar-refractivity contribution in [2.75, 3.05) is 13.7 Å². The summed E-state index contributed by atoms with van der Waals surface area (Å²) in [6, 6.07) is 14.1. The molecule has 0 radical (unpaired) electrons. The van der Waals surface area contributed by atoms with Crippen molar-refractivity contribution in [3.63, 3.8) is 0 Å². The Bertz CT molecular complexity index is 614. The minimum absolute atomic E-state index is 0.519. The van der Waals surface area contributed by atoms with Gasteiger partial charge in [-0.25, -0.2) is 0 Å². The number of halogens is 1. The van der Waals surface area contributed by atoms with E-state index in [2.05, 4.69) is 47.2 Å². The molecule has 0 bridgehead atoms. The van der Waals surface area contributed by atoms with E-state index in [0.717, 1.165) is 40.2 Å². The van der Waals surface area contributed by atoms with Crippen LogP contribution in [0, 0.1) is 5.92 Å². The van der Waals surface area contributed by atoms with E-state index in [-0.39, 0.29) is 0 Å².